The number of aromatic nitrogens is 1. The van der Waals surface area contributed by atoms with E-state index in [9.17, 15) is 5.11 Å². The number of rotatable bonds is 2. The number of benzene rings is 1. The van der Waals surface area contributed by atoms with Gasteiger partial charge in [0.25, 0.3) is 0 Å². The summed E-state index contributed by atoms with van der Waals surface area (Å²) in [6, 6.07) is 5.75. The smallest absolute Gasteiger partial charge is 0.170 e. The third-order valence-corrected chi connectivity index (χ3v) is 4.90. The number of aliphatic hydroxyl groups excluding tert-OH is 1. The normalized spacial score (nSPS) is 30.8. The summed E-state index contributed by atoms with van der Waals surface area (Å²) >= 11 is 0. The highest BCUT2D eigenvalue weighted by molar-refractivity contribution is 5.85. The molecule has 2 heterocycles. The van der Waals surface area contributed by atoms with E-state index in [1.165, 1.54) is 0 Å². The van der Waals surface area contributed by atoms with E-state index >= 15 is 0 Å². The van der Waals surface area contributed by atoms with Crippen LogP contribution >= 0.6 is 12.4 Å². The number of fused-ring (bicyclic) bond motifs is 2. The Labute approximate surface area is 135 Å². The van der Waals surface area contributed by atoms with E-state index in [4.69, 9.17) is 9.26 Å². The molecule has 2 aromatic rings. The lowest BCUT2D eigenvalue weighted by Gasteiger charge is -2.35. The first-order valence-electron chi connectivity index (χ1n) is 7.62. The van der Waals surface area contributed by atoms with Crippen molar-refractivity contribution in [2.45, 2.75) is 32.0 Å². The van der Waals surface area contributed by atoms with Gasteiger partial charge in [-0.05, 0) is 56.8 Å². The molecule has 0 unspecified atom stereocenters. The van der Waals surface area contributed by atoms with Crippen LogP contribution in [0.2, 0.25) is 0 Å². The summed E-state index contributed by atoms with van der Waals surface area (Å²) in [6.45, 7) is 3.99. The molecule has 0 amide bonds. The van der Waals surface area contributed by atoms with Crippen LogP contribution in [-0.2, 0) is 0 Å². The van der Waals surface area contributed by atoms with E-state index in [0.717, 1.165) is 48.3 Å². The molecule has 4 atom stereocenters. The summed E-state index contributed by atoms with van der Waals surface area (Å²) in [5, 5.41) is 18.7. The van der Waals surface area contributed by atoms with E-state index < -0.39 is 6.10 Å². The predicted octanol–water partition coefficient (Wildman–Crippen LogP) is 2.30. The Kier molecular flexibility index (Phi) is 4.30. The standard InChI is InChI=1S/C16H20N2O3.ClH/c1-9-13-3-2-12(6-15(13)21-18-9)20-16-5-11-8-17-7-10(11)4-14(16)19;/h2-3,6,10-11,14,16-17,19H,4-5,7-8H2,1H3;1H/t10-,11+,14+,16+;/m0./s1. The predicted molar refractivity (Wildman–Crippen MR) is 85.5 cm³/mol. The minimum Gasteiger partial charge on any atom is -0.488 e. The molecule has 2 aliphatic rings. The van der Waals surface area contributed by atoms with Crippen molar-refractivity contribution in [3.8, 4) is 5.75 Å². The summed E-state index contributed by atoms with van der Waals surface area (Å²) in [5.74, 6) is 1.96. The maximum Gasteiger partial charge on any atom is 0.170 e. The lowest BCUT2D eigenvalue weighted by atomic mass is 9.78. The lowest BCUT2D eigenvalue weighted by molar-refractivity contribution is -0.0231. The van der Waals surface area contributed by atoms with Gasteiger partial charge in [-0.25, -0.2) is 0 Å². The molecule has 1 aromatic heterocycles. The molecule has 1 saturated carbocycles. The molecule has 22 heavy (non-hydrogen) atoms. The molecule has 120 valence electrons. The number of nitrogens with one attached hydrogen (secondary N) is 1. The van der Waals surface area contributed by atoms with Gasteiger partial charge in [0.05, 0.1) is 11.8 Å². The zero-order valence-corrected chi connectivity index (χ0v) is 13.3. The highest BCUT2D eigenvalue weighted by Gasteiger charge is 2.39. The molecule has 1 aromatic carbocycles. The molecule has 1 saturated heterocycles. The minimum absolute atomic E-state index is 0. The first-order chi connectivity index (χ1) is 10.2. The number of aliphatic hydroxyl groups is 1. The van der Waals surface area contributed by atoms with Crippen molar-refractivity contribution in [3.05, 3.63) is 23.9 Å². The van der Waals surface area contributed by atoms with Gasteiger partial charge in [0, 0.05) is 11.5 Å². The Bertz CT molecular complexity index is 660. The molecule has 1 aliphatic heterocycles. The number of nitrogens with zero attached hydrogens (tertiary/aromatic N) is 1. The number of aryl methyl sites for hydroxylation is 1. The number of halogens is 1. The molecule has 6 heteroatoms. The largest absolute Gasteiger partial charge is 0.488 e. The van der Waals surface area contributed by atoms with Gasteiger partial charge in [-0.15, -0.1) is 12.4 Å². The van der Waals surface area contributed by atoms with Crippen molar-refractivity contribution in [1.82, 2.24) is 10.5 Å². The fourth-order valence-corrected chi connectivity index (χ4v) is 3.68. The molecule has 2 fully saturated rings. The van der Waals surface area contributed by atoms with Gasteiger partial charge in [-0.3, -0.25) is 0 Å². The van der Waals surface area contributed by atoms with Crippen molar-refractivity contribution < 1.29 is 14.4 Å². The van der Waals surface area contributed by atoms with E-state index in [1.807, 2.05) is 25.1 Å². The average molecular weight is 325 g/mol. The van der Waals surface area contributed by atoms with Gasteiger partial charge in [-0.1, -0.05) is 5.16 Å². The molecule has 4 rings (SSSR count). The van der Waals surface area contributed by atoms with Crippen LogP contribution < -0.4 is 10.1 Å². The van der Waals surface area contributed by atoms with Crippen molar-refractivity contribution in [3.63, 3.8) is 0 Å². The van der Waals surface area contributed by atoms with E-state index in [1.54, 1.807) is 0 Å². The molecule has 0 spiro atoms. The van der Waals surface area contributed by atoms with Crippen molar-refractivity contribution in [2.75, 3.05) is 13.1 Å². The van der Waals surface area contributed by atoms with Crippen LogP contribution in [0.25, 0.3) is 11.0 Å². The topological polar surface area (TPSA) is 67.5 Å². The van der Waals surface area contributed by atoms with Crippen molar-refractivity contribution >= 4 is 23.4 Å². The maximum atomic E-state index is 10.3. The summed E-state index contributed by atoms with van der Waals surface area (Å²) in [6.07, 6.45) is 1.21. The van der Waals surface area contributed by atoms with Crippen LogP contribution in [0.4, 0.5) is 0 Å². The molecule has 1 aliphatic carbocycles. The zero-order chi connectivity index (χ0) is 14.4. The van der Waals surface area contributed by atoms with Crippen molar-refractivity contribution in [2.24, 2.45) is 11.8 Å². The molecule has 5 nitrogen and oxygen atoms in total. The monoisotopic (exact) mass is 324 g/mol. The van der Waals surface area contributed by atoms with E-state index in [-0.39, 0.29) is 18.5 Å². The second-order valence-electron chi connectivity index (χ2n) is 6.30. The van der Waals surface area contributed by atoms with E-state index in [0.29, 0.717) is 11.8 Å². The van der Waals surface area contributed by atoms with Crippen molar-refractivity contribution in [1.29, 1.82) is 0 Å². The van der Waals surface area contributed by atoms with Crippen LogP contribution in [0.1, 0.15) is 18.5 Å². The van der Waals surface area contributed by atoms with Crippen LogP contribution in [0.15, 0.2) is 22.7 Å². The summed E-state index contributed by atoms with van der Waals surface area (Å²) < 4.78 is 11.3. The van der Waals surface area contributed by atoms with E-state index in [2.05, 4.69) is 10.5 Å². The third kappa shape index (κ3) is 2.69. The van der Waals surface area contributed by atoms with Gasteiger partial charge in [-0.2, -0.15) is 0 Å². The Morgan fingerprint density at radius 1 is 1.27 bits per heavy atom. The molecule has 0 bridgehead atoms. The zero-order valence-electron chi connectivity index (χ0n) is 12.5. The quantitative estimate of drug-likeness (QED) is 0.887. The molecule has 2 N–H and O–H groups in total. The summed E-state index contributed by atoms with van der Waals surface area (Å²) in [5.41, 5.74) is 1.62. The number of hydrogen-bond acceptors (Lipinski definition) is 5. The van der Waals surface area contributed by atoms with Crippen LogP contribution in [0.3, 0.4) is 0 Å². The molecule has 0 radical (unpaired) electrons. The Morgan fingerprint density at radius 3 is 2.86 bits per heavy atom. The fraction of sp³-hybridized carbons (Fsp3) is 0.562. The highest BCUT2D eigenvalue weighted by Crippen LogP contribution is 2.35. The average Bonchev–Trinajstić information content (AvgIpc) is 3.06. The van der Waals surface area contributed by atoms with Gasteiger partial charge in [0.15, 0.2) is 5.58 Å². The Balaban J connectivity index is 0.00000144. The maximum absolute atomic E-state index is 10.3. The summed E-state index contributed by atoms with van der Waals surface area (Å²) in [4.78, 5) is 0. The van der Waals surface area contributed by atoms with Gasteiger partial charge in [0.2, 0.25) is 0 Å². The second kappa shape index (κ2) is 6.07. The Hall–Kier alpha value is -1.30. The summed E-state index contributed by atoms with van der Waals surface area (Å²) in [7, 11) is 0. The third-order valence-electron chi connectivity index (χ3n) is 4.90. The Morgan fingerprint density at radius 2 is 2.05 bits per heavy atom. The fourth-order valence-electron chi connectivity index (χ4n) is 3.68. The van der Waals surface area contributed by atoms with Crippen LogP contribution in [0.5, 0.6) is 5.75 Å². The molecular weight excluding hydrogens is 304 g/mol. The number of hydrogen-bond donors (Lipinski definition) is 2. The van der Waals surface area contributed by atoms with Crippen LogP contribution in [0, 0.1) is 18.8 Å². The first-order valence-corrected chi connectivity index (χ1v) is 7.62. The highest BCUT2D eigenvalue weighted by atomic mass is 35.5. The van der Waals surface area contributed by atoms with Crippen LogP contribution in [-0.4, -0.2) is 35.6 Å². The van der Waals surface area contributed by atoms with Gasteiger partial charge < -0.3 is 19.7 Å². The first kappa shape index (κ1) is 15.6. The van der Waals surface area contributed by atoms with Gasteiger partial charge >= 0.3 is 0 Å². The SMILES string of the molecule is Cc1noc2cc(O[C@@H]3C[C@@H]4CNC[C@@H]4C[C@H]3O)ccc12.Cl. The lowest BCUT2D eigenvalue weighted by Crippen LogP contribution is -2.42. The second-order valence-corrected chi connectivity index (χ2v) is 6.30. The number of ether oxygens (including phenoxy) is 1. The van der Waals surface area contributed by atoms with Gasteiger partial charge in [0.1, 0.15) is 11.9 Å². The molecular formula is C16H21ClN2O3. The minimum atomic E-state index is -0.390.